The van der Waals surface area contributed by atoms with Crippen LogP contribution in [0.15, 0.2) is 53.5 Å². The van der Waals surface area contributed by atoms with Crippen molar-refractivity contribution in [3.05, 3.63) is 65.2 Å². The first-order valence-corrected chi connectivity index (χ1v) is 8.32. The Bertz CT molecular complexity index is 791. The molecule has 0 saturated carbocycles. The molecular weight excluding hydrogens is 298 g/mol. The van der Waals surface area contributed by atoms with E-state index in [0.29, 0.717) is 12.2 Å². The second-order valence-corrected chi connectivity index (χ2v) is 6.96. The Morgan fingerprint density at radius 3 is 2.58 bits per heavy atom. The smallest absolute Gasteiger partial charge is 0.338 e. The molecule has 0 saturated heterocycles. The third kappa shape index (κ3) is 2.99. The Balaban J connectivity index is 1.70. The lowest BCUT2D eigenvalue weighted by molar-refractivity contribution is 0.0485. The first-order valence-electron chi connectivity index (χ1n) is 8.32. The molecule has 0 N–H and O–H groups in total. The SMILES string of the molecule is CC1=Nc2ccc(C(C)COC(=O)c3ccccc3)cc2C1(C)C. The highest BCUT2D eigenvalue weighted by molar-refractivity contribution is 5.99. The molecule has 0 fully saturated rings. The number of hydrogen-bond acceptors (Lipinski definition) is 3. The largest absolute Gasteiger partial charge is 0.461 e. The van der Waals surface area contributed by atoms with Crippen molar-refractivity contribution in [3.8, 4) is 0 Å². The lowest BCUT2D eigenvalue weighted by Gasteiger charge is -2.21. The van der Waals surface area contributed by atoms with Gasteiger partial charge in [0.25, 0.3) is 0 Å². The van der Waals surface area contributed by atoms with Crippen molar-refractivity contribution < 1.29 is 9.53 Å². The van der Waals surface area contributed by atoms with Crippen molar-refractivity contribution in [1.29, 1.82) is 0 Å². The minimum atomic E-state index is -0.275. The standard InChI is InChI=1S/C21H23NO2/c1-14(13-24-20(23)16-8-6-5-7-9-16)17-10-11-19-18(12-17)21(3,4)15(2)22-19/h5-12,14H,13H2,1-4H3. The molecule has 1 atom stereocenters. The predicted molar refractivity (Wildman–Crippen MR) is 97.4 cm³/mol. The Morgan fingerprint density at radius 2 is 1.88 bits per heavy atom. The summed E-state index contributed by atoms with van der Waals surface area (Å²) in [6.45, 7) is 8.91. The van der Waals surface area contributed by atoms with Crippen LogP contribution in [0.5, 0.6) is 0 Å². The first-order chi connectivity index (χ1) is 11.4. The van der Waals surface area contributed by atoms with E-state index in [4.69, 9.17) is 4.74 Å². The normalized spacial score (nSPS) is 16.2. The Hall–Kier alpha value is -2.42. The molecule has 1 unspecified atom stereocenters. The van der Waals surface area contributed by atoms with Gasteiger partial charge in [0.2, 0.25) is 0 Å². The molecule has 1 aliphatic rings. The van der Waals surface area contributed by atoms with Crippen molar-refractivity contribution in [2.75, 3.05) is 6.61 Å². The molecule has 0 spiro atoms. The third-order valence-electron chi connectivity index (χ3n) is 4.93. The lowest BCUT2D eigenvalue weighted by atomic mass is 9.81. The summed E-state index contributed by atoms with van der Waals surface area (Å²) in [4.78, 5) is 16.7. The average Bonchev–Trinajstić information content (AvgIpc) is 2.82. The highest BCUT2D eigenvalue weighted by Gasteiger charge is 2.32. The third-order valence-corrected chi connectivity index (χ3v) is 4.93. The van der Waals surface area contributed by atoms with Gasteiger partial charge in [-0.05, 0) is 36.2 Å². The van der Waals surface area contributed by atoms with Crippen LogP contribution in [0.1, 0.15) is 55.1 Å². The van der Waals surface area contributed by atoms with E-state index in [1.807, 2.05) is 18.2 Å². The van der Waals surface area contributed by atoms with Crippen LogP contribution < -0.4 is 0 Å². The molecule has 124 valence electrons. The maximum Gasteiger partial charge on any atom is 0.338 e. The number of benzene rings is 2. The van der Waals surface area contributed by atoms with Gasteiger partial charge in [-0.2, -0.15) is 0 Å². The van der Waals surface area contributed by atoms with Gasteiger partial charge < -0.3 is 4.74 Å². The van der Waals surface area contributed by atoms with E-state index in [2.05, 4.69) is 50.9 Å². The fraction of sp³-hybridized carbons (Fsp3) is 0.333. The van der Waals surface area contributed by atoms with Crippen LogP contribution in [0.4, 0.5) is 5.69 Å². The number of esters is 1. The Morgan fingerprint density at radius 1 is 1.17 bits per heavy atom. The van der Waals surface area contributed by atoms with Gasteiger partial charge in [-0.1, -0.05) is 51.1 Å². The summed E-state index contributed by atoms with van der Waals surface area (Å²) in [5.74, 6) is -0.136. The van der Waals surface area contributed by atoms with Crippen LogP contribution in [0, 0.1) is 0 Å². The highest BCUT2D eigenvalue weighted by Crippen LogP contribution is 2.41. The molecule has 0 aliphatic carbocycles. The van der Waals surface area contributed by atoms with Gasteiger partial charge in [0.1, 0.15) is 0 Å². The molecule has 0 bridgehead atoms. The number of ether oxygens (including phenoxy) is 1. The number of carbonyl (C=O) groups excluding carboxylic acids is 1. The number of nitrogens with zero attached hydrogens (tertiary/aromatic N) is 1. The fourth-order valence-electron chi connectivity index (χ4n) is 2.93. The molecule has 2 aromatic carbocycles. The molecule has 2 aromatic rings. The number of aliphatic imine (C=N–C) groups is 1. The summed E-state index contributed by atoms with van der Waals surface area (Å²) >= 11 is 0. The van der Waals surface area contributed by atoms with Crippen molar-refractivity contribution in [2.24, 2.45) is 4.99 Å². The summed E-state index contributed by atoms with van der Waals surface area (Å²) < 4.78 is 5.47. The van der Waals surface area contributed by atoms with E-state index in [0.717, 1.165) is 11.4 Å². The molecule has 0 amide bonds. The maximum absolute atomic E-state index is 12.1. The lowest BCUT2D eigenvalue weighted by Crippen LogP contribution is -2.23. The molecule has 1 heterocycles. The van der Waals surface area contributed by atoms with Gasteiger partial charge in [-0.3, -0.25) is 4.99 Å². The second-order valence-electron chi connectivity index (χ2n) is 6.96. The summed E-state index contributed by atoms with van der Waals surface area (Å²) in [6, 6.07) is 15.5. The molecule has 0 radical (unpaired) electrons. The fourth-order valence-corrected chi connectivity index (χ4v) is 2.93. The Labute approximate surface area is 143 Å². The van der Waals surface area contributed by atoms with E-state index >= 15 is 0 Å². The maximum atomic E-state index is 12.1. The quantitative estimate of drug-likeness (QED) is 0.741. The zero-order chi connectivity index (χ0) is 17.3. The van der Waals surface area contributed by atoms with Crippen molar-refractivity contribution >= 4 is 17.4 Å². The molecule has 1 aliphatic heterocycles. The predicted octanol–water partition coefficient (Wildman–Crippen LogP) is 5.03. The minimum absolute atomic E-state index is 0.0359. The topological polar surface area (TPSA) is 38.7 Å². The highest BCUT2D eigenvalue weighted by atomic mass is 16.5. The molecule has 3 heteroatoms. The zero-order valence-corrected chi connectivity index (χ0v) is 14.7. The van der Waals surface area contributed by atoms with Gasteiger partial charge in [0.05, 0.1) is 17.9 Å². The van der Waals surface area contributed by atoms with E-state index in [1.165, 1.54) is 11.1 Å². The van der Waals surface area contributed by atoms with Gasteiger partial charge in [-0.15, -0.1) is 0 Å². The number of rotatable bonds is 4. The van der Waals surface area contributed by atoms with Crippen molar-refractivity contribution in [2.45, 2.75) is 39.0 Å². The average molecular weight is 321 g/mol. The molecule has 3 rings (SSSR count). The number of hydrogen-bond donors (Lipinski definition) is 0. The monoisotopic (exact) mass is 321 g/mol. The summed E-state index contributed by atoms with van der Waals surface area (Å²) in [6.07, 6.45) is 0. The summed E-state index contributed by atoms with van der Waals surface area (Å²) in [5.41, 5.74) is 5.16. The summed E-state index contributed by atoms with van der Waals surface area (Å²) in [7, 11) is 0. The zero-order valence-electron chi connectivity index (χ0n) is 14.7. The number of fused-ring (bicyclic) bond motifs is 1. The van der Waals surface area contributed by atoms with Gasteiger partial charge in [-0.25, -0.2) is 4.79 Å². The first kappa shape index (κ1) is 16.4. The van der Waals surface area contributed by atoms with Crippen LogP contribution in [0.3, 0.4) is 0 Å². The number of carbonyl (C=O) groups is 1. The molecule has 3 nitrogen and oxygen atoms in total. The van der Waals surface area contributed by atoms with E-state index in [-0.39, 0.29) is 17.3 Å². The van der Waals surface area contributed by atoms with Crippen LogP contribution in [0.2, 0.25) is 0 Å². The van der Waals surface area contributed by atoms with Gasteiger partial charge >= 0.3 is 5.97 Å². The van der Waals surface area contributed by atoms with Crippen molar-refractivity contribution in [1.82, 2.24) is 0 Å². The minimum Gasteiger partial charge on any atom is -0.461 e. The van der Waals surface area contributed by atoms with E-state index in [9.17, 15) is 4.79 Å². The molecular formula is C21H23NO2. The molecule has 24 heavy (non-hydrogen) atoms. The van der Waals surface area contributed by atoms with Crippen LogP contribution in [-0.4, -0.2) is 18.3 Å². The molecule has 0 aromatic heterocycles. The van der Waals surface area contributed by atoms with Crippen LogP contribution in [0.25, 0.3) is 0 Å². The Kier molecular flexibility index (Phi) is 4.27. The van der Waals surface area contributed by atoms with Crippen LogP contribution in [-0.2, 0) is 10.2 Å². The van der Waals surface area contributed by atoms with E-state index < -0.39 is 0 Å². The van der Waals surface area contributed by atoms with Crippen LogP contribution >= 0.6 is 0 Å². The summed E-state index contributed by atoms with van der Waals surface area (Å²) in [5, 5.41) is 0. The van der Waals surface area contributed by atoms with Gasteiger partial charge in [0, 0.05) is 17.0 Å². The van der Waals surface area contributed by atoms with Crippen molar-refractivity contribution in [3.63, 3.8) is 0 Å². The second kappa shape index (κ2) is 6.23. The van der Waals surface area contributed by atoms with Gasteiger partial charge in [0.15, 0.2) is 0 Å². The van der Waals surface area contributed by atoms with E-state index in [1.54, 1.807) is 12.1 Å².